The topological polar surface area (TPSA) is 57.4 Å². The van der Waals surface area contributed by atoms with Crippen LogP contribution in [0.2, 0.25) is 0 Å². The number of nitrogens with zero attached hydrogens (tertiary/aromatic N) is 2. The van der Waals surface area contributed by atoms with Gasteiger partial charge in [-0.15, -0.1) is 0 Å². The Morgan fingerprint density at radius 3 is 3.05 bits per heavy atom. The number of benzene rings is 1. The van der Waals surface area contributed by atoms with Gasteiger partial charge in [0, 0.05) is 6.61 Å². The lowest BCUT2D eigenvalue weighted by Gasteiger charge is -2.04. The highest BCUT2D eigenvalue weighted by atomic mass is 19.1. The third-order valence-electron chi connectivity index (χ3n) is 3.13. The van der Waals surface area contributed by atoms with Crippen LogP contribution in [0, 0.1) is 5.82 Å². The first-order valence-corrected chi connectivity index (χ1v) is 6.61. The summed E-state index contributed by atoms with van der Waals surface area (Å²) in [6.45, 7) is 0.873. The average Bonchev–Trinajstić information content (AvgIpc) is 3.10. The largest absolute Gasteiger partial charge is 0.482 e. The lowest BCUT2D eigenvalue weighted by atomic mass is 10.2. The summed E-state index contributed by atoms with van der Waals surface area (Å²) in [6, 6.07) is 6.21. The van der Waals surface area contributed by atoms with E-state index in [0.29, 0.717) is 18.1 Å². The molecule has 0 saturated carbocycles. The van der Waals surface area contributed by atoms with E-state index in [2.05, 4.69) is 10.1 Å². The number of ether oxygens (including phenoxy) is 2. The summed E-state index contributed by atoms with van der Waals surface area (Å²) in [5.74, 6) is 0.707. The Morgan fingerprint density at radius 1 is 1.35 bits per heavy atom. The Kier molecular flexibility index (Phi) is 3.92. The van der Waals surface area contributed by atoms with E-state index in [-0.39, 0.29) is 18.5 Å². The number of halogens is 1. The number of hydrogen-bond donors (Lipinski definition) is 0. The van der Waals surface area contributed by atoms with Gasteiger partial charge in [0.1, 0.15) is 0 Å². The lowest BCUT2D eigenvalue weighted by Crippen LogP contribution is -2.09. The van der Waals surface area contributed by atoms with Crippen LogP contribution in [0.4, 0.5) is 4.39 Å². The molecule has 0 bridgehead atoms. The first-order valence-electron chi connectivity index (χ1n) is 6.61. The van der Waals surface area contributed by atoms with Gasteiger partial charge in [0.2, 0.25) is 11.7 Å². The molecule has 1 aromatic carbocycles. The standard InChI is InChI=1S/C14H15FN2O3/c15-11-5-1-2-6-12(11)19-9-13-16-14(20-17-13)8-10-4-3-7-18-10/h1-2,5-6,10H,3-4,7-9H2/t10-/m0/s1. The monoisotopic (exact) mass is 278 g/mol. The second-order valence-electron chi connectivity index (χ2n) is 4.66. The van der Waals surface area contributed by atoms with Crippen molar-refractivity contribution < 1.29 is 18.4 Å². The molecule has 1 aliphatic heterocycles. The van der Waals surface area contributed by atoms with Crippen LogP contribution in [0.5, 0.6) is 5.75 Å². The SMILES string of the molecule is Fc1ccccc1OCc1noc(C[C@@H]2CCCO2)n1. The number of aromatic nitrogens is 2. The van der Waals surface area contributed by atoms with Gasteiger partial charge in [0.15, 0.2) is 18.2 Å². The second kappa shape index (κ2) is 6.00. The molecule has 0 N–H and O–H groups in total. The van der Waals surface area contributed by atoms with Gasteiger partial charge in [-0.2, -0.15) is 4.98 Å². The molecule has 1 aliphatic rings. The molecule has 2 heterocycles. The normalized spacial score (nSPS) is 18.4. The smallest absolute Gasteiger partial charge is 0.229 e. The summed E-state index contributed by atoms with van der Waals surface area (Å²) in [5.41, 5.74) is 0. The molecule has 2 aromatic rings. The highest BCUT2D eigenvalue weighted by Crippen LogP contribution is 2.18. The molecule has 0 radical (unpaired) electrons. The fourth-order valence-electron chi connectivity index (χ4n) is 2.14. The molecule has 5 nitrogen and oxygen atoms in total. The van der Waals surface area contributed by atoms with Crippen LogP contribution in [0.15, 0.2) is 28.8 Å². The minimum atomic E-state index is -0.407. The predicted octanol–water partition coefficient (Wildman–Crippen LogP) is 2.51. The fraction of sp³-hybridized carbons (Fsp3) is 0.429. The van der Waals surface area contributed by atoms with Crippen molar-refractivity contribution in [2.24, 2.45) is 0 Å². The fourth-order valence-corrected chi connectivity index (χ4v) is 2.14. The highest BCUT2D eigenvalue weighted by Gasteiger charge is 2.19. The minimum Gasteiger partial charge on any atom is -0.482 e. The molecule has 0 spiro atoms. The van der Waals surface area contributed by atoms with Crippen molar-refractivity contribution in [1.29, 1.82) is 0 Å². The van der Waals surface area contributed by atoms with Gasteiger partial charge in [-0.1, -0.05) is 17.3 Å². The zero-order chi connectivity index (χ0) is 13.8. The number of hydrogen-bond acceptors (Lipinski definition) is 5. The van der Waals surface area contributed by atoms with Gasteiger partial charge in [0.05, 0.1) is 12.5 Å². The van der Waals surface area contributed by atoms with E-state index in [1.54, 1.807) is 18.2 Å². The van der Waals surface area contributed by atoms with Crippen molar-refractivity contribution in [2.75, 3.05) is 6.61 Å². The molecule has 0 aliphatic carbocycles. The van der Waals surface area contributed by atoms with Crippen LogP contribution in [0.3, 0.4) is 0 Å². The van der Waals surface area contributed by atoms with E-state index in [1.807, 2.05) is 0 Å². The predicted molar refractivity (Wildman–Crippen MR) is 67.7 cm³/mol. The molecule has 3 rings (SSSR count). The summed E-state index contributed by atoms with van der Waals surface area (Å²) in [6.07, 6.45) is 2.87. The summed E-state index contributed by atoms with van der Waals surface area (Å²) in [4.78, 5) is 4.21. The molecule has 6 heteroatoms. The summed E-state index contributed by atoms with van der Waals surface area (Å²) < 4.78 is 29.3. The molecular weight excluding hydrogens is 263 g/mol. The van der Waals surface area contributed by atoms with Gasteiger partial charge in [-0.3, -0.25) is 0 Å². The van der Waals surface area contributed by atoms with E-state index in [9.17, 15) is 4.39 Å². The van der Waals surface area contributed by atoms with Crippen LogP contribution in [-0.2, 0) is 17.8 Å². The lowest BCUT2D eigenvalue weighted by molar-refractivity contribution is 0.104. The van der Waals surface area contributed by atoms with Crippen molar-refractivity contribution in [2.45, 2.75) is 32.0 Å². The molecule has 106 valence electrons. The maximum Gasteiger partial charge on any atom is 0.229 e. The van der Waals surface area contributed by atoms with Gasteiger partial charge in [-0.25, -0.2) is 4.39 Å². The van der Waals surface area contributed by atoms with E-state index in [4.69, 9.17) is 14.0 Å². The zero-order valence-corrected chi connectivity index (χ0v) is 10.9. The number of rotatable bonds is 5. The Balaban J connectivity index is 1.56. The summed E-state index contributed by atoms with van der Waals surface area (Å²) in [5, 5.41) is 3.81. The number of para-hydroxylation sites is 1. The molecule has 20 heavy (non-hydrogen) atoms. The average molecular weight is 278 g/mol. The third-order valence-corrected chi connectivity index (χ3v) is 3.13. The maximum absolute atomic E-state index is 13.4. The summed E-state index contributed by atoms with van der Waals surface area (Å²) in [7, 11) is 0. The molecule has 0 amide bonds. The first kappa shape index (κ1) is 13.1. The van der Waals surface area contributed by atoms with Crippen LogP contribution in [-0.4, -0.2) is 22.9 Å². The first-order chi connectivity index (χ1) is 9.81. The van der Waals surface area contributed by atoms with Crippen molar-refractivity contribution >= 4 is 0 Å². The molecule has 1 fully saturated rings. The van der Waals surface area contributed by atoms with Crippen molar-refractivity contribution in [3.8, 4) is 5.75 Å². The van der Waals surface area contributed by atoms with Crippen LogP contribution < -0.4 is 4.74 Å². The third kappa shape index (κ3) is 3.14. The summed E-state index contributed by atoms with van der Waals surface area (Å²) >= 11 is 0. The van der Waals surface area contributed by atoms with Crippen molar-refractivity contribution in [3.63, 3.8) is 0 Å². The van der Waals surface area contributed by atoms with Gasteiger partial charge < -0.3 is 14.0 Å². The van der Waals surface area contributed by atoms with Gasteiger partial charge in [0.25, 0.3) is 0 Å². The van der Waals surface area contributed by atoms with Crippen LogP contribution in [0.1, 0.15) is 24.6 Å². The second-order valence-corrected chi connectivity index (χ2v) is 4.66. The van der Waals surface area contributed by atoms with Crippen molar-refractivity contribution in [3.05, 3.63) is 41.8 Å². The Morgan fingerprint density at radius 2 is 2.25 bits per heavy atom. The molecular formula is C14H15FN2O3. The minimum absolute atomic E-state index is 0.0793. The molecule has 0 unspecified atom stereocenters. The maximum atomic E-state index is 13.4. The Labute approximate surface area is 115 Å². The van der Waals surface area contributed by atoms with E-state index in [0.717, 1.165) is 19.4 Å². The quantitative estimate of drug-likeness (QED) is 0.841. The van der Waals surface area contributed by atoms with Crippen LogP contribution >= 0.6 is 0 Å². The van der Waals surface area contributed by atoms with Gasteiger partial charge >= 0.3 is 0 Å². The van der Waals surface area contributed by atoms with Crippen LogP contribution in [0.25, 0.3) is 0 Å². The molecule has 1 aromatic heterocycles. The Bertz CT molecular complexity index is 567. The van der Waals surface area contributed by atoms with Gasteiger partial charge in [-0.05, 0) is 25.0 Å². The van der Waals surface area contributed by atoms with E-state index >= 15 is 0 Å². The Hall–Kier alpha value is -1.95. The molecule has 1 saturated heterocycles. The molecule has 1 atom stereocenters. The highest BCUT2D eigenvalue weighted by molar-refractivity contribution is 5.23. The van der Waals surface area contributed by atoms with E-state index < -0.39 is 5.82 Å². The van der Waals surface area contributed by atoms with Crippen molar-refractivity contribution in [1.82, 2.24) is 10.1 Å². The zero-order valence-electron chi connectivity index (χ0n) is 10.9. The van der Waals surface area contributed by atoms with E-state index in [1.165, 1.54) is 6.07 Å².